The number of Topliss-reactive ketones (excluding diaryl/α,β-unsaturated/α-hetero) is 1. The second kappa shape index (κ2) is 18.2. The van der Waals surface area contributed by atoms with Crippen LogP contribution in [-0.4, -0.2) is 141 Å². The fourth-order valence-corrected chi connectivity index (χ4v) is 8.68. The molecule has 0 aromatic heterocycles. The third-order valence-electron chi connectivity index (χ3n) is 12.1. The van der Waals surface area contributed by atoms with Crippen molar-refractivity contribution in [3.63, 3.8) is 0 Å². The summed E-state index contributed by atoms with van der Waals surface area (Å²) in [6.45, 7) is 17.3. The van der Waals surface area contributed by atoms with E-state index in [1.807, 2.05) is 66.7 Å². The van der Waals surface area contributed by atoms with E-state index in [9.17, 15) is 19.2 Å². The Bertz CT molecular complexity index is 1510. The van der Waals surface area contributed by atoms with Crippen LogP contribution in [0.4, 0.5) is 4.79 Å². The Labute approximate surface area is 335 Å². The first-order valence-electron chi connectivity index (χ1n) is 20.1. The zero-order valence-corrected chi connectivity index (χ0v) is 36.3. The fraction of sp³-hybridized carbons (Fsp3) is 0.767. The standard InChI is InChI=1S/C43H69N3O10/c1-26-23-43(9,51-14)36(55-38-34(32(44(10)11)20-27(2)53-38)54-37(48)29-18-16-15-17-19-29)28(3)35(47)42(7,8)39(49)52-25-33(45(12)24-26)30-21-31(22-30)46(13)40(50)56-41(4,5)6/h15-19,26-28,30-34,36,38H,20-25H2,1-14H3/t26-,27-,28+,30?,31?,32+,33+,34-,36-,38+,43-/m1/s1. The predicted octanol–water partition coefficient (Wildman–Crippen LogP) is 5.83. The Hall–Kier alpha value is -3.10. The largest absolute Gasteiger partial charge is 0.463 e. The molecule has 1 saturated carbocycles. The number of nitrogens with zero attached hydrogens (tertiary/aromatic N) is 3. The van der Waals surface area contributed by atoms with Gasteiger partial charge in [0.05, 0.1) is 29.4 Å². The molecule has 1 aromatic rings. The summed E-state index contributed by atoms with van der Waals surface area (Å²) < 4.78 is 37.6. The summed E-state index contributed by atoms with van der Waals surface area (Å²) in [4.78, 5) is 60.7. The van der Waals surface area contributed by atoms with Crippen molar-refractivity contribution in [3.05, 3.63) is 35.9 Å². The van der Waals surface area contributed by atoms with Crippen molar-refractivity contribution in [1.29, 1.82) is 0 Å². The first kappa shape index (κ1) is 45.6. The lowest BCUT2D eigenvalue weighted by molar-refractivity contribution is -0.295. The van der Waals surface area contributed by atoms with Crippen molar-refractivity contribution in [3.8, 4) is 0 Å². The number of esters is 2. The Balaban J connectivity index is 1.64. The fourth-order valence-electron chi connectivity index (χ4n) is 8.68. The minimum Gasteiger partial charge on any atom is -0.463 e. The van der Waals surface area contributed by atoms with E-state index < -0.39 is 53.0 Å². The highest BCUT2D eigenvalue weighted by Crippen LogP contribution is 2.41. The maximum atomic E-state index is 14.6. The van der Waals surface area contributed by atoms with Gasteiger partial charge in [0.15, 0.2) is 18.2 Å². The molecule has 2 aliphatic heterocycles. The number of methoxy groups -OCH3 is 1. The van der Waals surface area contributed by atoms with Gasteiger partial charge in [-0.15, -0.1) is 0 Å². The summed E-state index contributed by atoms with van der Waals surface area (Å²) in [6.07, 6.45) is -0.875. The first-order chi connectivity index (χ1) is 26.0. The molecule has 9 atom stereocenters. The molecule has 1 amide bonds. The van der Waals surface area contributed by atoms with Crippen LogP contribution in [-0.2, 0) is 38.0 Å². The molecule has 0 N–H and O–H groups in total. The number of hydrogen-bond acceptors (Lipinski definition) is 12. The molecule has 13 nitrogen and oxygen atoms in total. The molecular formula is C43H69N3O10. The number of likely N-dealkylation sites (N-methyl/N-ethyl adjacent to an activating group) is 2. The van der Waals surface area contributed by atoms with Gasteiger partial charge >= 0.3 is 18.0 Å². The van der Waals surface area contributed by atoms with Gasteiger partial charge in [-0.05, 0) is 119 Å². The second-order valence-corrected chi connectivity index (χ2v) is 18.6. The van der Waals surface area contributed by atoms with Gasteiger partial charge in [0.1, 0.15) is 17.6 Å². The topological polar surface area (TPSA) is 133 Å². The highest BCUT2D eigenvalue weighted by atomic mass is 16.7. The lowest BCUT2D eigenvalue weighted by Gasteiger charge is -2.48. The molecule has 3 fully saturated rings. The lowest BCUT2D eigenvalue weighted by atomic mass is 9.74. The van der Waals surface area contributed by atoms with Gasteiger partial charge in [-0.25, -0.2) is 9.59 Å². The van der Waals surface area contributed by atoms with Gasteiger partial charge in [0.2, 0.25) is 0 Å². The Kier molecular flexibility index (Phi) is 14.8. The van der Waals surface area contributed by atoms with Crippen LogP contribution in [0.3, 0.4) is 0 Å². The number of rotatable bonds is 8. The molecule has 2 heterocycles. The molecule has 3 aliphatic rings. The van der Waals surface area contributed by atoms with Crippen LogP contribution in [0.15, 0.2) is 30.3 Å². The van der Waals surface area contributed by atoms with Crippen molar-refractivity contribution >= 4 is 23.8 Å². The molecule has 0 spiro atoms. The second-order valence-electron chi connectivity index (χ2n) is 18.6. The first-order valence-corrected chi connectivity index (χ1v) is 20.1. The van der Waals surface area contributed by atoms with Gasteiger partial charge in [0.25, 0.3) is 0 Å². The summed E-state index contributed by atoms with van der Waals surface area (Å²) >= 11 is 0. The molecule has 0 bridgehead atoms. The van der Waals surface area contributed by atoms with Gasteiger partial charge in [-0.1, -0.05) is 32.0 Å². The van der Waals surface area contributed by atoms with Crippen molar-refractivity contribution in [2.24, 2.45) is 23.2 Å². The van der Waals surface area contributed by atoms with Crippen LogP contribution in [0.5, 0.6) is 0 Å². The summed E-state index contributed by atoms with van der Waals surface area (Å²) in [5.41, 5.74) is -2.76. The zero-order valence-electron chi connectivity index (χ0n) is 36.3. The molecule has 316 valence electrons. The Morgan fingerprint density at radius 1 is 0.964 bits per heavy atom. The Morgan fingerprint density at radius 2 is 1.59 bits per heavy atom. The van der Waals surface area contributed by atoms with Crippen LogP contribution in [0, 0.1) is 23.2 Å². The minimum absolute atomic E-state index is 0.00197. The SMILES string of the molecule is CO[C@]1(C)C[C@@H](C)CN(C)[C@H](C2CC(N(C)C(=O)OC(C)(C)C)C2)COC(=O)C(C)(C)C(=O)[C@H](C)[C@H]1O[C@@H]1O[C@H](C)C[C@H](N(C)C)[C@H]1OC(=O)c1ccccc1. The molecule has 0 radical (unpaired) electrons. The van der Waals surface area contributed by atoms with E-state index in [4.69, 9.17) is 28.4 Å². The smallest absolute Gasteiger partial charge is 0.410 e. The third-order valence-corrected chi connectivity index (χ3v) is 12.1. The third kappa shape index (κ3) is 10.7. The van der Waals surface area contributed by atoms with E-state index >= 15 is 0 Å². The highest BCUT2D eigenvalue weighted by molar-refractivity contribution is 6.04. The number of cyclic esters (lactones) is 1. The normalized spacial score (nSPS) is 34.9. The van der Waals surface area contributed by atoms with Crippen molar-refractivity contribution < 1.29 is 47.6 Å². The number of benzene rings is 1. The average Bonchev–Trinajstić information content (AvgIpc) is 3.10. The molecule has 4 rings (SSSR count). The van der Waals surface area contributed by atoms with Gasteiger partial charge < -0.3 is 38.2 Å². The minimum atomic E-state index is -1.52. The van der Waals surface area contributed by atoms with Crippen LogP contribution in [0.25, 0.3) is 0 Å². The summed E-state index contributed by atoms with van der Waals surface area (Å²) in [6, 6.07) is 8.39. The van der Waals surface area contributed by atoms with E-state index in [0.29, 0.717) is 24.9 Å². The van der Waals surface area contributed by atoms with E-state index in [2.05, 4.69) is 11.8 Å². The molecule has 1 aliphatic carbocycles. The van der Waals surface area contributed by atoms with E-state index in [1.165, 1.54) is 0 Å². The number of ether oxygens (including phenoxy) is 6. The predicted molar refractivity (Wildman–Crippen MR) is 212 cm³/mol. The van der Waals surface area contributed by atoms with Crippen molar-refractivity contribution in [1.82, 2.24) is 14.7 Å². The van der Waals surface area contributed by atoms with E-state index in [-0.39, 0.29) is 54.5 Å². The maximum absolute atomic E-state index is 14.6. The molecule has 0 unspecified atom stereocenters. The van der Waals surface area contributed by atoms with Crippen LogP contribution >= 0.6 is 0 Å². The number of carbonyl (C=O) groups is 4. The maximum Gasteiger partial charge on any atom is 0.410 e. The van der Waals surface area contributed by atoms with Crippen LogP contribution in [0.2, 0.25) is 0 Å². The van der Waals surface area contributed by atoms with Gasteiger partial charge in [-0.3, -0.25) is 14.5 Å². The Morgan fingerprint density at radius 3 is 2.16 bits per heavy atom. The van der Waals surface area contributed by atoms with Crippen molar-refractivity contribution in [2.45, 2.75) is 142 Å². The quantitative estimate of drug-likeness (QED) is 0.179. The highest BCUT2D eigenvalue weighted by Gasteiger charge is 2.53. The average molecular weight is 788 g/mol. The molecular weight excluding hydrogens is 718 g/mol. The van der Waals surface area contributed by atoms with Gasteiger partial charge in [-0.2, -0.15) is 0 Å². The van der Waals surface area contributed by atoms with E-state index in [1.54, 1.807) is 64.1 Å². The number of carbonyl (C=O) groups excluding carboxylic acids is 4. The number of hydrogen-bond donors (Lipinski definition) is 0. The summed E-state index contributed by atoms with van der Waals surface area (Å²) in [7, 11) is 9.26. The molecule has 56 heavy (non-hydrogen) atoms. The van der Waals surface area contributed by atoms with Crippen LogP contribution in [0.1, 0.15) is 98.4 Å². The monoisotopic (exact) mass is 787 g/mol. The molecule has 2 saturated heterocycles. The lowest BCUT2D eigenvalue weighted by Crippen LogP contribution is -2.60. The van der Waals surface area contributed by atoms with Crippen LogP contribution < -0.4 is 0 Å². The molecule has 1 aromatic carbocycles. The van der Waals surface area contributed by atoms with Gasteiger partial charge in [0, 0.05) is 38.7 Å². The zero-order chi connectivity index (χ0) is 41.9. The number of ketones is 1. The van der Waals surface area contributed by atoms with Crippen molar-refractivity contribution in [2.75, 3.05) is 48.5 Å². The van der Waals surface area contributed by atoms with E-state index in [0.717, 1.165) is 12.8 Å². The summed E-state index contributed by atoms with van der Waals surface area (Å²) in [5.74, 6) is -2.16. The summed E-state index contributed by atoms with van der Waals surface area (Å²) in [5, 5.41) is 0. The number of amides is 1. The molecule has 13 heteroatoms.